The quantitative estimate of drug-likeness (QED) is 0.446. The van der Waals surface area contributed by atoms with Gasteiger partial charge in [0.1, 0.15) is 17.3 Å². The molecular formula is C28H28FNO5. The van der Waals surface area contributed by atoms with Crippen molar-refractivity contribution in [2.45, 2.75) is 12.8 Å². The van der Waals surface area contributed by atoms with Gasteiger partial charge in [0, 0.05) is 48.5 Å². The summed E-state index contributed by atoms with van der Waals surface area (Å²) in [5, 5.41) is 29.5. The van der Waals surface area contributed by atoms with Crippen LogP contribution in [0.3, 0.4) is 0 Å². The zero-order valence-electron chi connectivity index (χ0n) is 19.4. The average Bonchev–Trinajstić information content (AvgIpc) is 2.85. The number of Topliss-reactive ketones (excluding diaryl/α,β-unsaturated/α-hetero) is 2. The number of ketones is 2. The minimum absolute atomic E-state index is 0.0512. The van der Waals surface area contributed by atoms with E-state index >= 15 is 0 Å². The molecule has 0 radical (unpaired) electrons. The lowest BCUT2D eigenvalue weighted by Gasteiger charge is -2.43. The lowest BCUT2D eigenvalue weighted by Crippen LogP contribution is -2.51. The van der Waals surface area contributed by atoms with Crippen LogP contribution in [-0.4, -0.2) is 58.0 Å². The highest BCUT2D eigenvalue weighted by Crippen LogP contribution is 2.42. The molecule has 1 saturated heterocycles. The maximum atomic E-state index is 14.7. The minimum atomic E-state index is -0.733. The van der Waals surface area contributed by atoms with E-state index in [1.807, 2.05) is 4.90 Å². The lowest BCUT2D eigenvalue weighted by atomic mass is 9.68. The number of phenolic OH excluding ortho intramolecular Hbond substituents is 2. The second-order valence-corrected chi connectivity index (χ2v) is 9.01. The van der Waals surface area contributed by atoms with Crippen molar-refractivity contribution in [3.63, 3.8) is 0 Å². The highest BCUT2D eigenvalue weighted by atomic mass is 19.1. The number of phenols is 2. The molecule has 0 amide bonds. The van der Waals surface area contributed by atoms with Crippen molar-refractivity contribution in [2.24, 2.45) is 11.8 Å². The zero-order valence-corrected chi connectivity index (χ0v) is 19.4. The van der Waals surface area contributed by atoms with E-state index in [1.54, 1.807) is 43.3 Å². The smallest absolute Gasteiger partial charge is 0.167 e. The van der Waals surface area contributed by atoms with Gasteiger partial charge in [-0.05, 0) is 48.4 Å². The number of rotatable bonds is 7. The molecule has 4 rings (SSSR count). The van der Waals surface area contributed by atoms with E-state index in [1.165, 1.54) is 30.3 Å². The number of carbonyl (C=O) groups excluding carboxylic acids is 2. The van der Waals surface area contributed by atoms with E-state index < -0.39 is 23.6 Å². The molecular weight excluding hydrogens is 449 g/mol. The van der Waals surface area contributed by atoms with Crippen molar-refractivity contribution in [1.82, 2.24) is 4.90 Å². The first kappa shape index (κ1) is 24.6. The molecule has 35 heavy (non-hydrogen) atoms. The molecule has 1 heterocycles. The molecule has 0 bridgehead atoms. The Kier molecular flexibility index (Phi) is 7.28. The predicted octanol–water partition coefficient (Wildman–Crippen LogP) is 3.94. The number of likely N-dealkylation sites (tertiary alicyclic amines) is 1. The topological polar surface area (TPSA) is 98.1 Å². The number of hydrogen-bond acceptors (Lipinski definition) is 6. The van der Waals surface area contributed by atoms with Crippen LogP contribution in [0.1, 0.15) is 37.8 Å². The molecule has 182 valence electrons. The largest absolute Gasteiger partial charge is 0.508 e. The Morgan fingerprint density at radius 1 is 0.886 bits per heavy atom. The molecule has 3 aromatic rings. The number of aromatic hydroxyl groups is 2. The van der Waals surface area contributed by atoms with Crippen LogP contribution in [0.4, 0.5) is 4.39 Å². The summed E-state index contributed by atoms with van der Waals surface area (Å²) in [5.74, 6) is -3.18. The number of carbonyl (C=O) groups is 2. The normalized spacial score (nSPS) is 18.9. The highest BCUT2D eigenvalue weighted by Gasteiger charge is 2.45. The molecule has 0 aromatic heterocycles. The summed E-state index contributed by atoms with van der Waals surface area (Å²) in [5.41, 5.74) is 1.54. The van der Waals surface area contributed by atoms with Crippen LogP contribution in [0.5, 0.6) is 11.5 Å². The standard InChI is InChI=1S/C28H28FNO5/c1-17-22(9-4-10-25(17)29)26-23(27(34)18-5-2-7-20(32)13-18)15-30(11-12-31)16-24(26)28(35)19-6-3-8-21(33)14-19/h2-10,13-14,23-24,26,31-33H,11-12,15-16H2,1H3/t23-,24-/m0/s1. The van der Waals surface area contributed by atoms with Crippen LogP contribution in [-0.2, 0) is 0 Å². The molecule has 2 atom stereocenters. The second-order valence-electron chi connectivity index (χ2n) is 9.01. The average molecular weight is 478 g/mol. The van der Waals surface area contributed by atoms with Gasteiger partial charge in [-0.1, -0.05) is 36.4 Å². The number of β-amino-alcohol motifs (C(OH)–C–C–N with tert-alkyl or cyclic N) is 1. The number of benzene rings is 3. The van der Waals surface area contributed by atoms with Gasteiger partial charge >= 0.3 is 0 Å². The van der Waals surface area contributed by atoms with Gasteiger partial charge in [-0.2, -0.15) is 0 Å². The predicted molar refractivity (Wildman–Crippen MR) is 129 cm³/mol. The van der Waals surface area contributed by atoms with Crippen LogP contribution >= 0.6 is 0 Å². The molecule has 3 N–H and O–H groups in total. The van der Waals surface area contributed by atoms with Crippen molar-refractivity contribution in [2.75, 3.05) is 26.2 Å². The molecule has 1 aliphatic rings. The zero-order chi connectivity index (χ0) is 25.1. The van der Waals surface area contributed by atoms with Gasteiger partial charge in [-0.3, -0.25) is 14.5 Å². The van der Waals surface area contributed by atoms with E-state index in [-0.39, 0.29) is 49.3 Å². The number of aliphatic hydroxyl groups excluding tert-OH is 1. The monoisotopic (exact) mass is 477 g/mol. The van der Waals surface area contributed by atoms with Gasteiger partial charge in [0.2, 0.25) is 0 Å². The third-order valence-corrected chi connectivity index (χ3v) is 6.80. The summed E-state index contributed by atoms with van der Waals surface area (Å²) in [6.45, 7) is 2.28. The number of nitrogens with zero attached hydrogens (tertiary/aromatic N) is 1. The Bertz CT molecular complexity index is 1180. The molecule has 1 fully saturated rings. The van der Waals surface area contributed by atoms with E-state index in [0.717, 1.165) is 0 Å². The maximum Gasteiger partial charge on any atom is 0.167 e. The maximum absolute atomic E-state index is 14.7. The number of aliphatic hydroxyl groups is 1. The van der Waals surface area contributed by atoms with Crippen molar-refractivity contribution in [3.8, 4) is 11.5 Å². The molecule has 7 heteroatoms. The van der Waals surface area contributed by atoms with Crippen LogP contribution in [0.15, 0.2) is 66.7 Å². The van der Waals surface area contributed by atoms with Gasteiger partial charge in [-0.25, -0.2) is 4.39 Å². The van der Waals surface area contributed by atoms with E-state index in [2.05, 4.69) is 0 Å². The van der Waals surface area contributed by atoms with Gasteiger partial charge in [0.25, 0.3) is 0 Å². The Hall–Kier alpha value is -3.55. The van der Waals surface area contributed by atoms with Gasteiger partial charge in [0.05, 0.1) is 6.61 Å². The first-order valence-corrected chi connectivity index (χ1v) is 11.5. The van der Waals surface area contributed by atoms with Gasteiger partial charge in [0.15, 0.2) is 11.6 Å². The fourth-order valence-corrected chi connectivity index (χ4v) is 5.12. The van der Waals surface area contributed by atoms with Crippen molar-refractivity contribution in [1.29, 1.82) is 0 Å². The van der Waals surface area contributed by atoms with E-state index in [9.17, 15) is 29.3 Å². The van der Waals surface area contributed by atoms with Crippen LogP contribution in [0, 0.1) is 24.6 Å². The molecule has 6 nitrogen and oxygen atoms in total. The van der Waals surface area contributed by atoms with E-state index in [0.29, 0.717) is 22.3 Å². The molecule has 0 unspecified atom stereocenters. The van der Waals surface area contributed by atoms with Gasteiger partial charge in [-0.15, -0.1) is 0 Å². The summed E-state index contributed by atoms with van der Waals surface area (Å²) in [7, 11) is 0. The molecule has 0 aliphatic carbocycles. The first-order chi connectivity index (χ1) is 16.8. The lowest BCUT2D eigenvalue weighted by molar-refractivity contribution is 0.0528. The third-order valence-electron chi connectivity index (χ3n) is 6.80. The Balaban J connectivity index is 1.86. The summed E-state index contributed by atoms with van der Waals surface area (Å²) in [4.78, 5) is 29.5. The summed E-state index contributed by atoms with van der Waals surface area (Å²) >= 11 is 0. The molecule has 0 saturated carbocycles. The number of piperidine rings is 1. The summed E-state index contributed by atoms with van der Waals surface area (Å²) in [6.07, 6.45) is 0. The SMILES string of the molecule is Cc1c(F)cccc1C1[C@@H](C(=O)c2cccc(O)c2)CN(CCO)C[C@@H]1C(=O)c1cccc(O)c1. The fraction of sp³-hybridized carbons (Fsp3) is 0.286. The fourth-order valence-electron chi connectivity index (χ4n) is 5.12. The van der Waals surface area contributed by atoms with Crippen molar-refractivity contribution < 1.29 is 29.3 Å². The Labute approximate surface area is 203 Å². The number of hydrogen-bond donors (Lipinski definition) is 3. The Morgan fingerprint density at radius 3 is 1.89 bits per heavy atom. The second kappa shape index (κ2) is 10.4. The van der Waals surface area contributed by atoms with Crippen molar-refractivity contribution >= 4 is 11.6 Å². The number of halogens is 1. The van der Waals surface area contributed by atoms with Crippen LogP contribution in [0.25, 0.3) is 0 Å². The highest BCUT2D eigenvalue weighted by molar-refractivity contribution is 6.02. The molecule has 1 aliphatic heterocycles. The van der Waals surface area contributed by atoms with Gasteiger partial charge < -0.3 is 15.3 Å². The molecule has 3 aromatic carbocycles. The Morgan fingerprint density at radius 2 is 1.40 bits per heavy atom. The van der Waals surface area contributed by atoms with Crippen LogP contribution < -0.4 is 0 Å². The third kappa shape index (κ3) is 5.11. The first-order valence-electron chi connectivity index (χ1n) is 11.5. The van der Waals surface area contributed by atoms with E-state index in [4.69, 9.17) is 0 Å². The summed E-state index contributed by atoms with van der Waals surface area (Å²) < 4.78 is 14.7. The summed E-state index contributed by atoms with van der Waals surface area (Å²) in [6, 6.07) is 16.7. The van der Waals surface area contributed by atoms with Crippen molar-refractivity contribution in [3.05, 3.63) is 94.8 Å². The molecule has 0 spiro atoms. The minimum Gasteiger partial charge on any atom is -0.508 e. The van der Waals surface area contributed by atoms with Crippen LogP contribution in [0.2, 0.25) is 0 Å².